The second-order valence-electron chi connectivity index (χ2n) is 4.66. The highest BCUT2D eigenvalue weighted by Gasteiger charge is 2.18. The van der Waals surface area contributed by atoms with E-state index in [9.17, 15) is 4.39 Å². The molecule has 0 fully saturated rings. The first kappa shape index (κ1) is 13.1. The van der Waals surface area contributed by atoms with Gasteiger partial charge < -0.3 is 10.5 Å². The Labute approximate surface area is 96.6 Å². The molecule has 0 aromatic heterocycles. The molecule has 1 atom stereocenters. The van der Waals surface area contributed by atoms with Crippen LogP contribution in [-0.4, -0.2) is 12.7 Å². The molecule has 0 aliphatic heterocycles. The number of ether oxygens (including phenoxy) is 1. The van der Waals surface area contributed by atoms with Crippen LogP contribution in [0.3, 0.4) is 0 Å². The zero-order valence-electron chi connectivity index (χ0n) is 10.2. The van der Waals surface area contributed by atoms with Crippen molar-refractivity contribution in [3.63, 3.8) is 0 Å². The molecule has 0 saturated carbocycles. The summed E-state index contributed by atoms with van der Waals surface area (Å²) in [5, 5.41) is 0. The lowest BCUT2D eigenvalue weighted by Crippen LogP contribution is -2.24. The molecule has 16 heavy (non-hydrogen) atoms. The predicted octanol–water partition coefficient (Wildman–Crippen LogP) is 3.03. The largest absolute Gasteiger partial charge is 0.379 e. The first-order valence-corrected chi connectivity index (χ1v) is 5.51. The Morgan fingerprint density at radius 1 is 1.44 bits per heavy atom. The zero-order chi connectivity index (χ0) is 12.2. The molecular formula is C13H20FNO. The number of nitrogens with two attached hydrogens (primary N) is 1. The van der Waals surface area contributed by atoms with Crippen molar-refractivity contribution in [2.24, 2.45) is 5.73 Å². The summed E-state index contributed by atoms with van der Waals surface area (Å²) >= 11 is 0. The van der Waals surface area contributed by atoms with Gasteiger partial charge in [-0.05, 0) is 44.4 Å². The summed E-state index contributed by atoms with van der Waals surface area (Å²) in [6, 6.07) is 6.32. The summed E-state index contributed by atoms with van der Waals surface area (Å²) in [4.78, 5) is 0. The topological polar surface area (TPSA) is 35.2 Å². The van der Waals surface area contributed by atoms with E-state index in [0.717, 1.165) is 18.4 Å². The Hall–Kier alpha value is -0.930. The van der Waals surface area contributed by atoms with Gasteiger partial charge in [0.15, 0.2) is 0 Å². The Morgan fingerprint density at radius 2 is 2.12 bits per heavy atom. The molecular weight excluding hydrogens is 205 g/mol. The molecule has 0 aliphatic rings. The van der Waals surface area contributed by atoms with Gasteiger partial charge in [0.25, 0.3) is 0 Å². The van der Waals surface area contributed by atoms with E-state index < -0.39 is 0 Å². The van der Waals surface area contributed by atoms with Crippen LogP contribution in [0.5, 0.6) is 0 Å². The lowest BCUT2D eigenvalue weighted by atomic mass is 9.95. The molecule has 90 valence electrons. The summed E-state index contributed by atoms with van der Waals surface area (Å²) < 4.78 is 18.3. The van der Waals surface area contributed by atoms with E-state index >= 15 is 0 Å². The number of hydrogen-bond donors (Lipinski definition) is 1. The number of halogens is 1. The van der Waals surface area contributed by atoms with Crippen molar-refractivity contribution in [2.75, 3.05) is 7.11 Å². The third kappa shape index (κ3) is 3.91. The molecule has 0 heterocycles. The molecule has 3 heteroatoms. The highest BCUT2D eigenvalue weighted by Crippen LogP contribution is 2.23. The van der Waals surface area contributed by atoms with E-state index in [1.54, 1.807) is 13.2 Å². The van der Waals surface area contributed by atoms with Crippen molar-refractivity contribution in [1.29, 1.82) is 0 Å². The Bertz CT molecular complexity index is 338. The van der Waals surface area contributed by atoms with E-state index in [1.807, 2.05) is 19.9 Å². The van der Waals surface area contributed by atoms with Crippen molar-refractivity contribution >= 4 is 0 Å². The van der Waals surface area contributed by atoms with Crippen molar-refractivity contribution in [3.8, 4) is 0 Å². The Balaban J connectivity index is 2.56. The molecule has 1 aromatic rings. The lowest BCUT2D eigenvalue weighted by molar-refractivity contribution is 0.0125. The van der Waals surface area contributed by atoms with Crippen LogP contribution in [0, 0.1) is 5.82 Å². The molecule has 1 aromatic carbocycles. The van der Waals surface area contributed by atoms with Crippen LogP contribution < -0.4 is 5.73 Å². The fourth-order valence-corrected chi connectivity index (χ4v) is 1.51. The van der Waals surface area contributed by atoms with E-state index in [0.29, 0.717) is 0 Å². The third-order valence-corrected chi connectivity index (χ3v) is 2.89. The highest BCUT2D eigenvalue weighted by molar-refractivity contribution is 5.19. The molecule has 0 bridgehead atoms. The zero-order valence-corrected chi connectivity index (χ0v) is 10.2. The van der Waals surface area contributed by atoms with Gasteiger partial charge >= 0.3 is 0 Å². The highest BCUT2D eigenvalue weighted by atomic mass is 19.1. The van der Waals surface area contributed by atoms with Crippen LogP contribution in [-0.2, 0) is 4.74 Å². The van der Waals surface area contributed by atoms with Crippen LogP contribution in [0.1, 0.15) is 38.3 Å². The first-order chi connectivity index (χ1) is 7.44. The number of methoxy groups -OCH3 is 1. The fraction of sp³-hybridized carbons (Fsp3) is 0.538. The van der Waals surface area contributed by atoms with Crippen LogP contribution in [0.25, 0.3) is 0 Å². The SMILES string of the molecule is COC(C)(C)CCC(N)c1cccc(F)c1. The van der Waals surface area contributed by atoms with Crippen molar-refractivity contribution < 1.29 is 9.13 Å². The van der Waals surface area contributed by atoms with E-state index in [-0.39, 0.29) is 17.5 Å². The summed E-state index contributed by atoms with van der Waals surface area (Å²) in [6.07, 6.45) is 1.63. The van der Waals surface area contributed by atoms with E-state index in [4.69, 9.17) is 10.5 Å². The van der Waals surface area contributed by atoms with Gasteiger partial charge in [0.05, 0.1) is 5.60 Å². The average molecular weight is 225 g/mol. The monoisotopic (exact) mass is 225 g/mol. The Kier molecular flexibility index (Phi) is 4.44. The first-order valence-electron chi connectivity index (χ1n) is 5.51. The maximum absolute atomic E-state index is 13.0. The number of rotatable bonds is 5. The van der Waals surface area contributed by atoms with E-state index in [1.165, 1.54) is 12.1 Å². The summed E-state index contributed by atoms with van der Waals surface area (Å²) in [7, 11) is 1.69. The molecule has 0 amide bonds. The maximum Gasteiger partial charge on any atom is 0.123 e. The molecule has 2 nitrogen and oxygen atoms in total. The Morgan fingerprint density at radius 3 is 2.69 bits per heavy atom. The maximum atomic E-state index is 13.0. The van der Waals surface area contributed by atoms with Crippen molar-refractivity contribution in [1.82, 2.24) is 0 Å². The molecule has 0 radical (unpaired) electrons. The standard InChI is InChI=1S/C13H20FNO/c1-13(2,16-3)8-7-12(15)10-5-4-6-11(14)9-10/h4-6,9,12H,7-8,15H2,1-3H3. The van der Waals surface area contributed by atoms with Crippen LogP contribution in [0.4, 0.5) is 4.39 Å². The minimum atomic E-state index is -0.237. The van der Waals surface area contributed by atoms with Crippen LogP contribution >= 0.6 is 0 Å². The number of hydrogen-bond acceptors (Lipinski definition) is 2. The lowest BCUT2D eigenvalue weighted by Gasteiger charge is -2.24. The molecule has 0 aliphatic carbocycles. The van der Waals surface area contributed by atoms with Crippen molar-refractivity contribution in [2.45, 2.75) is 38.3 Å². The molecule has 0 saturated heterocycles. The van der Waals surface area contributed by atoms with Gasteiger partial charge in [-0.3, -0.25) is 0 Å². The van der Waals surface area contributed by atoms with Gasteiger partial charge in [0.1, 0.15) is 5.82 Å². The van der Waals surface area contributed by atoms with Crippen LogP contribution in [0.15, 0.2) is 24.3 Å². The second-order valence-corrected chi connectivity index (χ2v) is 4.66. The van der Waals surface area contributed by atoms with Gasteiger partial charge in [0.2, 0.25) is 0 Å². The van der Waals surface area contributed by atoms with Crippen molar-refractivity contribution in [3.05, 3.63) is 35.6 Å². The normalized spacial score (nSPS) is 13.8. The summed E-state index contributed by atoms with van der Waals surface area (Å²) in [5.41, 5.74) is 6.67. The minimum Gasteiger partial charge on any atom is -0.379 e. The predicted molar refractivity (Wildman–Crippen MR) is 63.7 cm³/mol. The number of benzene rings is 1. The van der Waals surface area contributed by atoms with Crippen LogP contribution in [0.2, 0.25) is 0 Å². The molecule has 1 rings (SSSR count). The summed E-state index contributed by atoms with van der Waals surface area (Å²) in [5.74, 6) is -0.237. The van der Waals surface area contributed by atoms with Gasteiger partial charge in [-0.2, -0.15) is 0 Å². The summed E-state index contributed by atoms with van der Waals surface area (Å²) in [6.45, 7) is 4.04. The average Bonchev–Trinajstić information content (AvgIpc) is 2.26. The molecule has 1 unspecified atom stereocenters. The second kappa shape index (κ2) is 5.41. The quantitative estimate of drug-likeness (QED) is 0.836. The van der Waals surface area contributed by atoms with Gasteiger partial charge in [-0.15, -0.1) is 0 Å². The van der Waals surface area contributed by atoms with Gasteiger partial charge in [-0.25, -0.2) is 4.39 Å². The van der Waals surface area contributed by atoms with E-state index in [2.05, 4.69) is 0 Å². The smallest absolute Gasteiger partial charge is 0.123 e. The minimum absolute atomic E-state index is 0.134. The molecule has 0 spiro atoms. The van der Waals surface area contributed by atoms with Gasteiger partial charge in [-0.1, -0.05) is 12.1 Å². The van der Waals surface area contributed by atoms with Gasteiger partial charge in [0, 0.05) is 13.2 Å². The third-order valence-electron chi connectivity index (χ3n) is 2.89. The fourth-order valence-electron chi connectivity index (χ4n) is 1.51. The molecule has 2 N–H and O–H groups in total.